The van der Waals surface area contributed by atoms with E-state index in [1.165, 1.54) is 12.1 Å². The van der Waals surface area contributed by atoms with E-state index in [-0.39, 0.29) is 28.7 Å². The second-order valence-electron chi connectivity index (χ2n) is 5.16. The normalized spacial score (nSPS) is 11.9. The molecule has 12 heteroatoms. The predicted molar refractivity (Wildman–Crippen MR) is 86.8 cm³/mol. The van der Waals surface area contributed by atoms with Crippen LogP contribution in [0.15, 0.2) is 17.2 Å². The number of halogens is 8. The van der Waals surface area contributed by atoms with Crippen LogP contribution in [0.25, 0.3) is 0 Å². The molecule has 0 bridgehead atoms. The third-order valence-corrected chi connectivity index (χ3v) is 3.58. The molecule has 4 nitrogen and oxygen atoms in total. The van der Waals surface area contributed by atoms with Gasteiger partial charge in [0.25, 0.3) is 0 Å². The van der Waals surface area contributed by atoms with Gasteiger partial charge in [0.05, 0.1) is 17.8 Å². The zero-order valence-corrected chi connectivity index (χ0v) is 14.5. The number of ether oxygens (including phenoxy) is 1. The van der Waals surface area contributed by atoms with Crippen LogP contribution in [0.3, 0.4) is 0 Å². The number of hydrogen-bond donors (Lipinski definition) is 2. The molecule has 2 aromatic rings. The SMILES string of the molecule is CCOc1cc(C=NNc2c(F)c(F)c(C(F)(F)F)c(F)c2F)cc(Cl)c1O. The van der Waals surface area contributed by atoms with Crippen molar-refractivity contribution in [3.05, 3.63) is 51.6 Å². The molecule has 0 radical (unpaired) electrons. The highest BCUT2D eigenvalue weighted by Crippen LogP contribution is 2.38. The third-order valence-electron chi connectivity index (χ3n) is 3.29. The zero-order chi connectivity index (χ0) is 21.2. The molecule has 0 aromatic heterocycles. The van der Waals surface area contributed by atoms with Gasteiger partial charge in [-0.1, -0.05) is 11.6 Å². The van der Waals surface area contributed by atoms with Crippen molar-refractivity contribution in [2.24, 2.45) is 5.10 Å². The van der Waals surface area contributed by atoms with E-state index in [1.54, 1.807) is 12.3 Å². The Morgan fingerprint density at radius 1 is 1.11 bits per heavy atom. The Morgan fingerprint density at radius 2 is 1.68 bits per heavy atom. The maximum atomic E-state index is 13.7. The number of hydrogen-bond acceptors (Lipinski definition) is 4. The number of aromatic hydroxyl groups is 1. The molecule has 0 aliphatic carbocycles. The van der Waals surface area contributed by atoms with E-state index < -0.39 is 40.7 Å². The molecule has 0 atom stereocenters. The average molecular weight is 431 g/mol. The van der Waals surface area contributed by atoms with Gasteiger partial charge >= 0.3 is 6.18 Å². The van der Waals surface area contributed by atoms with E-state index in [1.807, 2.05) is 0 Å². The minimum Gasteiger partial charge on any atom is -0.503 e. The Morgan fingerprint density at radius 3 is 2.18 bits per heavy atom. The van der Waals surface area contributed by atoms with E-state index in [0.29, 0.717) is 0 Å². The van der Waals surface area contributed by atoms with Crippen LogP contribution in [0.5, 0.6) is 11.5 Å². The van der Waals surface area contributed by atoms with E-state index in [9.17, 15) is 35.8 Å². The Kier molecular flexibility index (Phi) is 6.27. The summed E-state index contributed by atoms with van der Waals surface area (Å²) in [6.45, 7) is 1.79. The van der Waals surface area contributed by atoms with Gasteiger partial charge in [-0.3, -0.25) is 5.43 Å². The van der Waals surface area contributed by atoms with Crippen LogP contribution in [0.1, 0.15) is 18.1 Å². The van der Waals surface area contributed by atoms with Crippen LogP contribution in [-0.2, 0) is 6.18 Å². The minimum atomic E-state index is -5.64. The molecule has 0 aliphatic heterocycles. The van der Waals surface area contributed by atoms with Crippen LogP contribution < -0.4 is 10.2 Å². The van der Waals surface area contributed by atoms with Gasteiger partial charge in [0.2, 0.25) is 0 Å². The summed E-state index contributed by atoms with van der Waals surface area (Å²) in [6, 6.07) is 2.40. The third kappa shape index (κ3) is 4.24. The molecule has 0 aliphatic rings. The molecular weight excluding hydrogens is 421 g/mol. The summed E-state index contributed by atoms with van der Waals surface area (Å²) in [5.74, 6) is -10.3. The standard InChI is InChI=1S/C16H10ClF7N2O2/c1-2-28-8-4-6(3-7(17)15(8)27)5-25-26-14-12(20)10(18)9(16(22,23)24)11(19)13(14)21/h3-5,26-27H,2H2,1H3. The van der Waals surface area contributed by atoms with Crippen LogP contribution in [0, 0.1) is 23.3 Å². The Bertz CT molecular complexity index is 903. The first-order chi connectivity index (χ1) is 13.0. The van der Waals surface area contributed by atoms with Gasteiger partial charge in [0.15, 0.2) is 34.8 Å². The highest BCUT2D eigenvalue weighted by molar-refractivity contribution is 6.32. The van der Waals surface area contributed by atoms with Gasteiger partial charge in [0.1, 0.15) is 11.3 Å². The summed E-state index contributed by atoms with van der Waals surface area (Å²) in [4.78, 5) is 0. The lowest BCUT2D eigenvalue weighted by molar-refractivity contribution is -0.143. The fourth-order valence-corrected chi connectivity index (χ4v) is 2.30. The van der Waals surface area contributed by atoms with Crippen molar-refractivity contribution in [3.63, 3.8) is 0 Å². The topological polar surface area (TPSA) is 53.8 Å². The summed E-state index contributed by atoms with van der Waals surface area (Å²) in [5.41, 5.74) is -2.52. The average Bonchev–Trinajstić information content (AvgIpc) is 2.59. The van der Waals surface area contributed by atoms with E-state index in [0.717, 1.165) is 6.21 Å². The number of rotatable bonds is 5. The maximum Gasteiger partial charge on any atom is 0.422 e. The van der Waals surface area contributed by atoms with Crippen LogP contribution in [0.4, 0.5) is 36.4 Å². The van der Waals surface area contributed by atoms with E-state index in [4.69, 9.17) is 16.3 Å². The van der Waals surface area contributed by atoms with Gasteiger partial charge < -0.3 is 9.84 Å². The number of benzene rings is 2. The molecule has 152 valence electrons. The maximum absolute atomic E-state index is 13.7. The molecule has 0 heterocycles. The van der Waals surface area contributed by atoms with Crippen molar-refractivity contribution >= 4 is 23.5 Å². The van der Waals surface area contributed by atoms with Crippen molar-refractivity contribution in [1.82, 2.24) is 0 Å². The van der Waals surface area contributed by atoms with E-state index >= 15 is 0 Å². The van der Waals surface area contributed by atoms with E-state index in [2.05, 4.69) is 5.10 Å². The first kappa shape index (κ1) is 21.6. The molecule has 2 N–H and O–H groups in total. The second kappa shape index (κ2) is 8.13. The van der Waals surface area contributed by atoms with Gasteiger partial charge in [-0.2, -0.15) is 18.3 Å². The number of phenolic OH excluding ortho intramolecular Hbond substituents is 1. The number of phenols is 1. The lowest BCUT2D eigenvalue weighted by Crippen LogP contribution is -2.16. The first-order valence-corrected chi connectivity index (χ1v) is 7.74. The smallest absolute Gasteiger partial charge is 0.422 e. The predicted octanol–water partition coefficient (Wildman–Crippen LogP) is 5.47. The lowest BCUT2D eigenvalue weighted by Gasteiger charge is -2.13. The second-order valence-corrected chi connectivity index (χ2v) is 5.56. The molecule has 0 spiro atoms. The van der Waals surface area contributed by atoms with Gasteiger partial charge in [0, 0.05) is 0 Å². The fourth-order valence-electron chi connectivity index (χ4n) is 2.08. The van der Waals surface area contributed by atoms with Crippen molar-refractivity contribution in [2.75, 3.05) is 12.0 Å². The number of alkyl halides is 3. The Labute approximate surface area is 158 Å². The number of anilines is 1. The van der Waals surface area contributed by atoms with Gasteiger partial charge in [-0.15, -0.1) is 0 Å². The molecule has 0 fully saturated rings. The summed E-state index contributed by atoms with van der Waals surface area (Å²) in [7, 11) is 0. The minimum absolute atomic E-state index is 0.0413. The van der Waals surface area contributed by atoms with Crippen molar-refractivity contribution in [1.29, 1.82) is 0 Å². The summed E-state index contributed by atoms with van der Waals surface area (Å²) < 4.78 is 97.3. The molecule has 0 saturated heterocycles. The molecule has 2 aromatic carbocycles. The number of hydrazone groups is 1. The largest absolute Gasteiger partial charge is 0.503 e. The Hall–Kier alpha value is -2.69. The van der Waals surface area contributed by atoms with Crippen molar-refractivity contribution in [3.8, 4) is 11.5 Å². The van der Waals surface area contributed by atoms with Crippen LogP contribution in [0.2, 0.25) is 5.02 Å². The first-order valence-electron chi connectivity index (χ1n) is 7.36. The van der Waals surface area contributed by atoms with Gasteiger partial charge in [-0.05, 0) is 24.6 Å². The molecule has 0 saturated carbocycles. The quantitative estimate of drug-likeness (QED) is 0.286. The van der Waals surface area contributed by atoms with Crippen molar-refractivity contribution < 1.29 is 40.6 Å². The summed E-state index contributed by atoms with van der Waals surface area (Å²) in [5, 5.41) is 12.8. The molecule has 2 rings (SSSR count). The highest BCUT2D eigenvalue weighted by Gasteiger charge is 2.42. The van der Waals surface area contributed by atoms with Crippen LogP contribution >= 0.6 is 11.6 Å². The molecule has 0 amide bonds. The molecule has 28 heavy (non-hydrogen) atoms. The lowest BCUT2D eigenvalue weighted by atomic mass is 10.1. The highest BCUT2D eigenvalue weighted by atomic mass is 35.5. The molecular formula is C16H10ClF7N2O2. The number of nitrogens with zero attached hydrogens (tertiary/aromatic N) is 1. The number of nitrogens with one attached hydrogen (secondary N) is 1. The van der Waals surface area contributed by atoms with Gasteiger partial charge in [-0.25, -0.2) is 17.6 Å². The molecule has 0 unspecified atom stereocenters. The fraction of sp³-hybridized carbons (Fsp3) is 0.188. The summed E-state index contributed by atoms with van der Waals surface area (Å²) >= 11 is 5.77. The summed E-state index contributed by atoms with van der Waals surface area (Å²) in [6.07, 6.45) is -4.77. The Balaban J connectivity index is 2.38. The zero-order valence-electron chi connectivity index (χ0n) is 13.8. The monoisotopic (exact) mass is 430 g/mol. The van der Waals surface area contributed by atoms with Crippen molar-refractivity contribution in [2.45, 2.75) is 13.1 Å². The van der Waals surface area contributed by atoms with Crippen LogP contribution in [-0.4, -0.2) is 17.9 Å².